The monoisotopic (exact) mass is 440 g/mol. The molecule has 0 bridgehead atoms. The zero-order valence-electron chi connectivity index (χ0n) is 18.1. The van der Waals surface area contributed by atoms with Crippen molar-refractivity contribution in [3.63, 3.8) is 0 Å². The van der Waals surface area contributed by atoms with E-state index in [1.165, 1.54) is 7.11 Å². The van der Waals surface area contributed by atoms with E-state index < -0.39 is 7.12 Å². The van der Waals surface area contributed by atoms with Crippen molar-refractivity contribution in [3.05, 3.63) is 78.9 Å². The summed E-state index contributed by atoms with van der Waals surface area (Å²) in [5.74, 6) is 1.22. The lowest BCUT2D eigenvalue weighted by molar-refractivity contribution is 0.403. The Hall–Kier alpha value is -3.94. The molecule has 0 saturated heterocycles. The average molecular weight is 440 g/mol. The standard InChI is InChI=1S/C13H11BO4.C13H10O2/c1-17-11-7-6-9-8-4-2-3-5-10(8)18-13(9)12(11)14(15)16;1-14-9-6-7-11-10-4-2-3-5-12(10)15-13(11)8-9/h2-7,15-16H,1H3;2-8H,1H3. The van der Waals surface area contributed by atoms with Crippen molar-refractivity contribution in [3.8, 4) is 11.5 Å². The molecule has 2 heterocycles. The van der Waals surface area contributed by atoms with Crippen LogP contribution in [0.15, 0.2) is 87.7 Å². The molecule has 2 aromatic heterocycles. The van der Waals surface area contributed by atoms with Gasteiger partial charge in [-0.05, 0) is 36.4 Å². The highest BCUT2D eigenvalue weighted by Gasteiger charge is 2.24. The van der Waals surface area contributed by atoms with Gasteiger partial charge in [0.1, 0.15) is 33.8 Å². The summed E-state index contributed by atoms with van der Waals surface area (Å²) in [7, 11) is 1.50. The molecule has 6 rings (SSSR count). The van der Waals surface area contributed by atoms with E-state index >= 15 is 0 Å². The van der Waals surface area contributed by atoms with E-state index in [4.69, 9.17) is 18.3 Å². The summed E-state index contributed by atoms with van der Waals surface area (Å²) >= 11 is 0. The fourth-order valence-electron chi connectivity index (χ4n) is 4.05. The van der Waals surface area contributed by atoms with Crippen LogP contribution in [-0.2, 0) is 0 Å². The lowest BCUT2D eigenvalue weighted by atomic mass is 9.78. The van der Waals surface area contributed by atoms with Gasteiger partial charge in [-0.3, -0.25) is 0 Å². The molecule has 0 spiro atoms. The molecule has 0 unspecified atom stereocenters. The Morgan fingerprint density at radius 2 is 1.24 bits per heavy atom. The largest absolute Gasteiger partial charge is 0.497 e. The van der Waals surface area contributed by atoms with Crippen LogP contribution in [0.2, 0.25) is 0 Å². The Morgan fingerprint density at radius 3 is 1.91 bits per heavy atom. The van der Waals surface area contributed by atoms with Crippen molar-refractivity contribution in [2.24, 2.45) is 0 Å². The first kappa shape index (κ1) is 20.9. The summed E-state index contributed by atoms with van der Waals surface area (Å²) in [4.78, 5) is 0. The van der Waals surface area contributed by atoms with Gasteiger partial charge in [0.2, 0.25) is 0 Å². The molecule has 0 aliphatic heterocycles. The summed E-state index contributed by atoms with van der Waals surface area (Å²) in [6, 6.07) is 25.0. The van der Waals surface area contributed by atoms with E-state index in [0.717, 1.165) is 38.5 Å². The first-order valence-electron chi connectivity index (χ1n) is 10.4. The average Bonchev–Trinajstić information content (AvgIpc) is 3.41. The molecule has 7 heteroatoms. The van der Waals surface area contributed by atoms with Crippen LogP contribution in [0.3, 0.4) is 0 Å². The van der Waals surface area contributed by atoms with Crippen LogP contribution in [0.25, 0.3) is 43.9 Å². The maximum atomic E-state index is 9.47. The fourth-order valence-corrected chi connectivity index (χ4v) is 4.05. The van der Waals surface area contributed by atoms with Gasteiger partial charge in [-0.25, -0.2) is 0 Å². The van der Waals surface area contributed by atoms with Crippen molar-refractivity contribution in [2.45, 2.75) is 0 Å². The van der Waals surface area contributed by atoms with E-state index in [-0.39, 0.29) is 5.46 Å². The van der Waals surface area contributed by atoms with E-state index in [1.807, 2.05) is 66.7 Å². The summed E-state index contributed by atoms with van der Waals surface area (Å²) < 4.78 is 21.7. The van der Waals surface area contributed by atoms with Crippen molar-refractivity contribution in [2.75, 3.05) is 14.2 Å². The van der Waals surface area contributed by atoms with E-state index in [1.54, 1.807) is 13.2 Å². The molecule has 2 N–H and O–H groups in total. The Balaban J connectivity index is 0.000000140. The molecule has 6 nitrogen and oxygen atoms in total. The van der Waals surface area contributed by atoms with Gasteiger partial charge in [0.25, 0.3) is 0 Å². The molecule has 164 valence electrons. The molecule has 0 radical (unpaired) electrons. The Bertz CT molecular complexity index is 1580. The van der Waals surface area contributed by atoms with Gasteiger partial charge >= 0.3 is 7.12 Å². The lowest BCUT2D eigenvalue weighted by Gasteiger charge is -2.07. The highest BCUT2D eigenvalue weighted by Crippen LogP contribution is 2.31. The van der Waals surface area contributed by atoms with Crippen molar-refractivity contribution >= 4 is 56.5 Å². The van der Waals surface area contributed by atoms with Crippen LogP contribution >= 0.6 is 0 Å². The van der Waals surface area contributed by atoms with Crippen LogP contribution in [0.1, 0.15) is 0 Å². The van der Waals surface area contributed by atoms with Gasteiger partial charge in [0, 0.05) is 27.6 Å². The summed E-state index contributed by atoms with van der Waals surface area (Å²) in [5.41, 5.74) is 3.20. The number of para-hydroxylation sites is 2. The normalized spacial score (nSPS) is 11.0. The number of hydrogen-bond acceptors (Lipinski definition) is 6. The molecule has 33 heavy (non-hydrogen) atoms. The van der Waals surface area contributed by atoms with E-state index in [2.05, 4.69) is 6.07 Å². The number of methoxy groups -OCH3 is 2. The van der Waals surface area contributed by atoms with Crippen molar-refractivity contribution < 1.29 is 28.4 Å². The van der Waals surface area contributed by atoms with Gasteiger partial charge in [-0.1, -0.05) is 36.4 Å². The first-order chi connectivity index (χ1) is 16.1. The number of rotatable bonds is 3. The van der Waals surface area contributed by atoms with Crippen LogP contribution in [0.5, 0.6) is 11.5 Å². The molecular weight excluding hydrogens is 419 g/mol. The highest BCUT2D eigenvalue weighted by molar-refractivity contribution is 6.63. The molecular formula is C26H21BO6. The molecule has 0 atom stereocenters. The van der Waals surface area contributed by atoms with Crippen LogP contribution in [0.4, 0.5) is 0 Å². The first-order valence-corrected chi connectivity index (χ1v) is 10.4. The second-order valence-corrected chi connectivity index (χ2v) is 7.49. The zero-order chi connectivity index (χ0) is 22.9. The third-order valence-corrected chi connectivity index (χ3v) is 5.61. The number of furan rings is 2. The number of benzene rings is 4. The predicted molar refractivity (Wildman–Crippen MR) is 130 cm³/mol. The van der Waals surface area contributed by atoms with Crippen LogP contribution in [0, 0.1) is 0 Å². The number of ether oxygens (including phenoxy) is 2. The highest BCUT2D eigenvalue weighted by atomic mass is 16.5. The smallest absolute Gasteiger partial charge is 0.496 e. The second kappa shape index (κ2) is 8.54. The number of fused-ring (bicyclic) bond motifs is 6. The van der Waals surface area contributed by atoms with Crippen LogP contribution in [-0.4, -0.2) is 31.4 Å². The Morgan fingerprint density at radius 1 is 0.636 bits per heavy atom. The topological polar surface area (TPSA) is 85.2 Å². The van der Waals surface area contributed by atoms with Crippen LogP contribution < -0.4 is 14.9 Å². The fraction of sp³-hybridized carbons (Fsp3) is 0.0769. The minimum atomic E-state index is -1.63. The molecule has 0 fully saturated rings. The van der Waals surface area contributed by atoms with Gasteiger partial charge in [-0.2, -0.15) is 0 Å². The molecule has 6 aromatic rings. The molecule has 0 aliphatic rings. The van der Waals surface area contributed by atoms with E-state index in [0.29, 0.717) is 16.9 Å². The Kier molecular flexibility index (Phi) is 5.42. The molecule has 4 aromatic carbocycles. The van der Waals surface area contributed by atoms with Crippen molar-refractivity contribution in [1.82, 2.24) is 0 Å². The summed E-state index contributed by atoms with van der Waals surface area (Å²) in [6.45, 7) is 0. The van der Waals surface area contributed by atoms with E-state index in [9.17, 15) is 10.0 Å². The minimum Gasteiger partial charge on any atom is -0.497 e. The van der Waals surface area contributed by atoms with Gasteiger partial charge in [0.15, 0.2) is 0 Å². The maximum absolute atomic E-state index is 9.47. The number of hydrogen-bond donors (Lipinski definition) is 2. The third-order valence-electron chi connectivity index (χ3n) is 5.61. The zero-order valence-corrected chi connectivity index (χ0v) is 18.1. The lowest BCUT2D eigenvalue weighted by Crippen LogP contribution is -2.31. The molecule has 0 saturated carbocycles. The summed E-state index contributed by atoms with van der Waals surface area (Å²) in [5, 5.41) is 23.0. The van der Waals surface area contributed by atoms with Gasteiger partial charge in [0.05, 0.1) is 19.7 Å². The van der Waals surface area contributed by atoms with Crippen molar-refractivity contribution in [1.29, 1.82) is 0 Å². The van der Waals surface area contributed by atoms with Gasteiger partial charge < -0.3 is 28.4 Å². The predicted octanol–water partition coefficient (Wildman–Crippen LogP) is 4.87. The summed E-state index contributed by atoms with van der Waals surface area (Å²) in [6.07, 6.45) is 0. The quantitative estimate of drug-likeness (QED) is 0.382. The Labute approximate surface area is 189 Å². The maximum Gasteiger partial charge on any atom is 0.496 e. The minimum absolute atomic E-state index is 0.256. The SMILES string of the molecule is COc1ccc2c(c1)oc1ccccc12.COc1ccc2c(oc3ccccc32)c1B(O)O. The molecule has 0 aliphatic carbocycles. The van der Waals surface area contributed by atoms with Gasteiger partial charge in [-0.15, -0.1) is 0 Å². The third kappa shape index (κ3) is 3.67. The molecule has 0 amide bonds. The second-order valence-electron chi connectivity index (χ2n) is 7.49.